The highest BCUT2D eigenvalue weighted by atomic mass is 16.5. The van der Waals surface area contributed by atoms with Crippen molar-refractivity contribution in [3.63, 3.8) is 0 Å². The normalized spacial score (nSPS) is 35.6. The van der Waals surface area contributed by atoms with E-state index >= 15 is 0 Å². The maximum atomic E-state index is 5.91. The molecule has 1 aliphatic heterocycles. The van der Waals surface area contributed by atoms with E-state index in [9.17, 15) is 0 Å². The lowest BCUT2D eigenvalue weighted by atomic mass is 9.85. The lowest BCUT2D eigenvalue weighted by Crippen LogP contribution is -2.26. The van der Waals surface area contributed by atoms with Crippen molar-refractivity contribution in [1.82, 2.24) is 0 Å². The van der Waals surface area contributed by atoms with Crippen molar-refractivity contribution in [2.24, 2.45) is 11.7 Å². The Morgan fingerprint density at radius 2 is 2.23 bits per heavy atom. The number of rotatable bonds is 1. The van der Waals surface area contributed by atoms with E-state index in [2.05, 4.69) is 6.08 Å². The molecule has 0 aromatic rings. The van der Waals surface area contributed by atoms with Gasteiger partial charge in [0.05, 0.1) is 6.61 Å². The Labute approximate surface area is 80.1 Å². The lowest BCUT2D eigenvalue weighted by Gasteiger charge is -2.28. The molecule has 0 amide bonds. The van der Waals surface area contributed by atoms with Gasteiger partial charge in [0.2, 0.25) is 0 Å². The van der Waals surface area contributed by atoms with E-state index < -0.39 is 0 Å². The first kappa shape index (κ1) is 9.22. The summed E-state index contributed by atoms with van der Waals surface area (Å²) in [6.45, 7) is 1.88. The van der Waals surface area contributed by atoms with E-state index in [4.69, 9.17) is 10.5 Å². The monoisotopic (exact) mass is 181 g/mol. The number of hydrogen-bond donors (Lipinski definition) is 1. The van der Waals surface area contributed by atoms with Gasteiger partial charge in [-0.15, -0.1) is 0 Å². The molecule has 2 heteroatoms. The second kappa shape index (κ2) is 4.25. The molecule has 1 fully saturated rings. The zero-order valence-electron chi connectivity index (χ0n) is 8.17. The summed E-state index contributed by atoms with van der Waals surface area (Å²) in [5.41, 5.74) is 7.48. The molecule has 0 aromatic carbocycles. The van der Waals surface area contributed by atoms with Gasteiger partial charge in [-0.05, 0) is 32.1 Å². The third-order valence-electron chi connectivity index (χ3n) is 3.12. The fraction of sp³-hybridized carbons (Fsp3) is 0.818. The number of hydrogen-bond acceptors (Lipinski definition) is 2. The predicted molar refractivity (Wildman–Crippen MR) is 53.5 cm³/mol. The van der Waals surface area contributed by atoms with Crippen LogP contribution < -0.4 is 5.73 Å². The number of nitrogens with two attached hydrogens (primary N) is 1. The van der Waals surface area contributed by atoms with Crippen molar-refractivity contribution in [1.29, 1.82) is 0 Å². The van der Waals surface area contributed by atoms with Crippen molar-refractivity contribution in [3.05, 3.63) is 11.6 Å². The molecule has 0 radical (unpaired) electrons. The Hall–Kier alpha value is -0.340. The molecule has 2 nitrogen and oxygen atoms in total. The molecule has 0 saturated carbocycles. The van der Waals surface area contributed by atoms with E-state index in [1.54, 1.807) is 5.57 Å². The summed E-state index contributed by atoms with van der Waals surface area (Å²) < 4.78 is 5.49. The third kappa shape index (κ3) is 2.32. The Morgan fingerprint density at radius 1 is 1.31 bits per heavy atom. The van der Waals surface area contributed by atoms with E-state index in [1.165, 1.54) is 25.7 Å². The van der Waals surface area contributed by atoms with Crippen LogP contribution >= 0.6 is 0 Å². The molecule has 2 rings (SSSR count). The van der Waals surface area contributed by atoms with Gasteiger partial charge in [-0.3, -0.25) is 0 Å². The molecule has 0 aromatic heterocycles. The van der Waals surface area contributed by atoms with Crippen LogP contribution in [0, 0.1) is 5.92 Å². The molecule has 2 aliphatic rings. The largest absolute Gasteiger partial charge is 0.381 e. The van der Waals surface area contributed by atoms with Crippen molar-refractivity contribution in [2.45, 2.75) is 38.1 Å². The quantitative estimate of drug-likeness (QED) is 0.627. The van der Waals surface area contributed by atoms with Crippen LogP contribution in [0.2, 0.25) is 0 Å². The Kier molecular flexibility index (Phi) is 3.01. The summed E-state index contributed by atoms with van der Waals surface area (Å²) in [6, 6.07) is 0.311. The fourth-order valence-corrected chi connectivity index (χ4v) is 2.36. The van der Waals surface area contributed by atoms with E-state index in [1.807, 2.05) is 0 Å². The van der Waals surface area contributed by atoms with Crippen LogP contribution in [0.3, 0.4) is 0 Å². The van der Waals surface area contributed by atoms with Crippen LogP contribution in [0.4, 0.5) is 0 Å². The van der Waals surface area contributed by atoms with Crippen LogP contribution in [0.1, 0.15) is 32.1 Å². The van der Waals surface area contributed by atoms with Crippen LogP contribution in [0.5, 0.6) is 0 Å². The number of ether oxygens (including phenoxy) is 1. The van der Waals surface area contributed by atoms with Gasteiger partial charge in [-0.2, -0.15) is 0 Å². The first-order valence-corrected chi connectivity index (χ1v) is 5.40. The lowest BCUT2D eigenvalue weighted by molar-refractivity contribution is 0.0655. The minimum atomic E-state index is 0.311. The fourth-order valence-electron chi connectivity index (χ4n) is 2.36. The summed E-state index contributed by atoms with van der Waals surface area (Å²) >= 11 is 0. The summed E-state index contributed by atoms with van der Waals surface area (Å²) in [5.74, 6) is 0.681. The molecular formula is C11H19NO. The molecule has 1 saturated heterocycles. The second-order valence-corrected chi connectivity index (χ2v) is 4.21. The third-order valence-corrected chi connectivity index (χ3v) is 3.12. The van der Waals surface area contributed by atoms with Crippen molar-refractivity contribution >= 4 is 0 Å². The SMILES string of the molecule is NC1C=C(C2CCCOC2)CCC1. The molecule has 2 unspecified atom stereocenters. The minimum absolute atomic E-state index is 0.311. The predicted octanol–water partition coefficient (Wildman–Crippen LogP) is 1.85. The van der Waals surface area contributed by atoms with Crippen molar-refractivity contribution < 1.29 is 4.74 Å². The van der Waals surface area contributed by atoms with E-state index in [0.29, 0.717) is 12.0 Å². The maximum Gasteiger partial charge on any atom is 0.0531 e. The van der Waals surface area contributed by atoms with Gasteiger partial charge in [-0.1, -0.05) is 11.6 Å². The average Bonchev–Trinajstić information content (AvgIpc) is 2.19. The van der Waals surface area contributed by atoms with Crippen LogP contribution in [0.25, 0.3) is 0 Å². The molecular weight excluding hydrogens is 162 g/mol. The molecule has 74 valence electrons. The Bertz CT molecular complexity index is 194. The van der Waals surface area contributed by atoms with E-state index in [-0.39, 0.29) is 0 Å². The van der Waals surface area contributed by atoms with Crippen molar-refractivity contribution in [2.75, 3.05) is 13.2 Å². The van der Waals surface area contributed by atoms with Gasteiger partial charge < -0.3 is 10.5 Å². The smallest absolute Gasteiger partial charge is 0.0531 e. The topological polar surface area (TPSA) is 35.2 Å². The molecule has 1 aliphatic carbocycles. The standard InChI is InChI=1S/C11H19NO/c12-11-5-1-3-9(7-11)10-4-2-6-13-8-10/h7,10-11H,1-6,8,12H2. The molecule has 0 bridgehead atoms. The summed E-state index contributed by atoms with van der Waals surface area (Å²) in [6.07, 6.45) is 8.49. The summed E-state index contributed by atoms with van der Waals surface area (Å²) in [7, 11) is 0. The highest BCUT2D eigenvalue weighted by Gasteiger charge is 2.20. The zero-order chi connectivity index (χ0) is 9.10. The van der Waals surface area contributed by atoms with Gasteiger partial charge in [0.25, 0.3) is 0 Å². The highest BCUT2D eigenvalue weighted by Crippen LogP contribution is 2.29. The summed E-state index contributed by atoms with van der Waals surface area (Å²) in [4.78, 5) is 0. The Balaban J connectivity index is 1.97. The van der Waals surface area contributed by atoms with E-state index in [0.717, 1.165) is 19.6 Å². The molecule has 1 heterocycles. The zero-order valence-corrected chi connectivity index (χ0v) is 8.17. The first-order valence-electron chi connectivity index (χ1n) is 5.40. The van der Waals surface area contributed by atoms with Crippen molar-refractivity contribution in [3.8, 4) is 0 Å². The average molecular weight is 181 g/mol. The van der Waals surface area contributed by atoms with Gasteiger partial charge >= 0.3 is 0 Å². The maximum absolute atomic E-state index is 5.91. The second-order valence-electron chi connectivity index (χ2n) is 4.21. The summed E-state index contributed by atoms with van der Waals surface area (Å²) in [5, 5.41) is 0. The minimum Gasteiger partial charge on any atom is -0.381 e. The van der Waals surface area contributed by atoms with Crippen LogP contribution in [-0.4, -0.2) is 19.3 Å². The van der Waals surface area contributed by atoms with Gasteiger partial charge in [0.1, 0.15) is 0 Å². The molecule has 0 spiro atoms. The Morgan fingerprint density at radius 3 is 2.92 bits per heavy atom. The molecule has 2 N–H and O–H groups in total. The van der Waals surface area contributed by atoms with Gasteiger partial charge in [0, 0.05) is 18.6 Å². The highest BCUT2D eigenvalue weighted by molar-refractivity contribution is 5.14. The molecule has 2 atom stereocenters. The molecule has 13 heavy (non-hydrogen) atoms. The van der Waals surface area contributed by atoms with Gasteiger partial charge in [0.15, 0.2) is 0 Å². The first-order chi connectivity index (χ1) is 6.36. The van der Waals surface area contributed by atoms with Gasteiger partial charge in [-0.25, -0.2) is 0 Å². The van der Waals surface area contributed by atoms with Crippen LogP contribution in [0.15, 0.2) is 11.6 Å². The van der Waals surface area contributed by atoms with Crippen LogP contribution in [-0.2, 0) is 4.74 Å².